The zero-order valence-corrected chi connectivity index (χ0v) is 11.8. The van der Waals surface area contributed by atoms with Gasteiger partial charge in [0.05, 0.1) is 25.1 Å². The van der Waals surface area contributed by atoms with Crippen molar-refractivity contribution in [3.8, 4) is 17.3 Å². The van der Waals surface area contributed by atoms with Crippen molar-refractivity contribution >= 4 is 16.9 Å². The summed E-state index contributed by atoms with van der Waals surface area (Å²) in [5, 5.41) is 0. The highest BCUT2D eigenvalue weighted by Crippen LogP contribution is 2.27. The highest BCUT2D eigenvalue weighted by atomic mass is 16.5. The molecule has 0 radical (unpaired) electrons. The third-order valence-corrected chi connectivity index (χ3v) is 3.07. The quantitative estimate of drug-likeness (QED) is 0.735. The van der Waals surface area contributed by atoms with Gasteiger partial charge in [-0.25, -0.2) is 9.97 Å². The summed E-state index contributed by atoms with van der Waals surface area (Å²) in [4.78, 5) is 12.7. The molecule has 0 aliphatic carbocycles. The van der Waals surface area contributed by atoms with E-state index < -0.39 is 0 Å². The molecule has 1 aromatic carbocycles. The lowest BCUT2D eigenvalue weighted by atomic mass is 10.2. The van der Waals surface area contributed by atoms with Gasteiger partial charge in [0.25, 0.3) is 0 Å². The zero-order valence-electron chi connectivity index (χ0n) is 11.8. The number of aromatic nitrogens is 4. The minimum absolute atomic E-state index is 0.475. The Labute approximate surface area is 121 Å². The molecular formula is C14H15N5O2. The molecule has 0 spiro atoms. The fourth-order valence-electron chi connectivity index (χ4n) is 2.12. The second-order valence-electron chi connectivity index (χ2n) is 4.32. The van der Waals surface area contributed by atoms with Gasteiger partial charge >= 0.3 is 0 Å². The summed E-state index contributed by atoms with van der Waals surface area (Å²) in [5.41, 5.74) is 8.62. The van der Waals surface area contributed by atoms with Crippen molar-refractivity contribution in [3.05, 3.63) is 30.9 Å². The third-order valence-electron chi connectivity index (χ3n) is 3.07. The first-order valence-electron chi connectivity index (χ1n) is 6.49. The molecule has 0 amide bonds. The Kier molecular flexibility index (Phi) is 3.31. The van der Waals surface area contributed by atoms with Gasteiger partial charge in [0, 0.05) is 0 Å². The van der Waals surface area contributed by atoms with Crippen LogP contribution in [0.15, 0.2) is 30.9 Å². The van der Waals surface area contributed by atoms with Crippen molar-refractivity contribution < 1.29 is 9.47 Å². The topological polar surface area (TPSA) is 88.1 Å². The molecule has 2 heterocycles. The molecule has 7 heteroatoms. The van der Waals surface area contributed by atoms with Gasteiger partial charge < -0.3 is 15.2 Å². The zero-order chi connectivity index (χ0) is 14.8. The minimum Gasteiger partial charge on any atom is -0.495 e. The van der Waals surface area contributed by atoms with Gasteiger partial charge in [-0.15, -0.1) is 0 Å². The van der Waals surface area contributed by atoms with Crippen molar-refractivity contribution in [2.24, 2.45) is 0 Å². The number of hydrogen-bond acceptors (Lipinski definition) is 6. The molecule has 7 nitrogen and oxygen atoms in total. The Hall–Kier alpha value is -2.83. The fraction of sp³-hybridized carbons (Fsp3) is 0.214. The molecule has 0 aliphatic rings. The van der Waals surface area contributed by atoms with Crippen molar-refractivity contribution in [3.63, 3.8) is 0 Å². The number of nitrogens with two attached hydrogens (primary N) is 1. The van der Waals surface area contributed by atoms with E-state index in [9.17, 15) is 0 Å². The first kappa shape index (κ1) is 13.2. The number of methoxy groups -OCH3 is 1. The van der Waals surface area contributed by atoms with Gasteiger partial charge in [0.15, 0.2) is 11.2 Å². The van der Waals surface area contributed by atoms with E-state index in [2.05, 4.69) is 15.0 Å². The molecule has 108 valence electrons. The first-order valence-corrected chi connectivity index (χ1v) is 6.49. The minimum atomic E-state index is 0.475. The van der Waals surface area contributed by atoms with Crippen LogP contribution in [-0.2, 0) is 0 Å². The van der Waals surface area contributed by atoms with Crippen molar-refractivity contribution in [1.29, 1.82) is 0 Å². The molecule has 0 saturated heterocycles. The maximum atomic E-state index is 5.94. The first-order chi connectivity index (χ1) is 10.2. The van der Waals surface area contributed by atoms with Gasteiger partial charge in [-0.05, 0) is 25.1 Å². The predicted octanol–water partition coefficient (Wildman–Crippen LogP) is 1.80. The molecule has 0 fully saturated rings. The summed E-state index contributed by atoms with van der Waals surface area (Å²) in [6, 6.07) is 5.50. The van der Waals surface area contributed by atoms with E-state index >= 15 is 0 Å². The maximum Gasteiger partial charge on any atom is 0.245 e. The number of benzene rings is 1. The van der Waals surface area contributed by atoms with E-state index in [4.69, 9.17) is 15.2 Å². The number of nitrogens with zero attached hydrogens (tertiary/aromatic N) is 4. The van der Waals surface area contributed by atoms with E-state index in [0.29, 0.717) is 35.1 Å². The standard InChI is InChI=1S/C14H15N5O2/c1-3-21-14-12-13(16-7-17-14)19(8-18-12)9-4-5-11(20-2)10(15)6-9/h4-8H,3,15H2,1-2H3. The number of fused-ring (bicyclic) bond motifs is 1. The Morgan fingerprint density at radius 1 is 1.24 bits per heavy atom. The number of ether oxygens (including phenoxy) is 2. The average Bonchev–Trinajstić information content (AvgIpc) is 2.92. The highest BCUT2D eigenvalue weighted by molar-refractivity contribution is 5.78. The van der Waals surface area contributed by atoms with E-state index in [-0.39, 0.29) is 0 Å². The van der Waals surface area contributed by atoms with Gasteiger partial charge in [-0.2, -0.15) is 4.98 Å². The highest BCUT2D eigenvalue weighted by Gasteiger charge is 2.12. The Morgan fingerprint density at radius 3 is 2.81 bits per heavy atom. The van der Waals surface area contributed by atoms with Gasteiger partial charge in [0.1, 0.15) is 18.4 Å². The Balaban J connectivity index is 2.13. The largest absolute Gasteiger partial charge is 0.495 e. The van der Waals surface area contributed by atoms with Crippen molar-refractivity contribution in [2.75, 3.05) is 19.5 Å². The third kappa shape index (κ3) is 2.22. The second-order valence-corrected chi connectivity index (χ2v) is 4.32. The van der Waals surface area contributed by atoms with Crippen LogP contribution >= 0.6 is 0 Å². The number of anilines is 1. The van der Waals surface area contributed by atoms with E-state index in [1.165, 1.54) is 6.33 Å². The fourth-order valence-corrected chi connectivity index (χ4v) is 2.12. The summed E-state index contributed by atoms with van der Waals surface area (Å²) >= 11 is 0. The maximum absolute atomic E-state index is 5.94. The summed E-state index contributed by atoms with van der Waals surface area (Å²) in [6.07, 6.45) is 3.13. The molecule has 0 atom stereocenters. The molecule has 0 aliphatic heterocycles. The number of imidazole rings is 1. The number of nitrogen functional groups attached to an aromatic ring is 1. The number of hydrogen-bond donors (Lipinski definition) is 1. The Morgan fingerprint density at radius 2 is 2.10 bits per heavy atom. The van der Waals surface area contributed by atoms with Gasteiger partial charge in [0.2, 0.25) is 5.88 Å². The summed E-state index contributed by atoms with van der Waals surface area (Å²) in [5.74, 6) is 1.11. The molecule has 21 heavy (non-hydrogen) atoms. The lowest BCUT2D eigenvalue weighted by Gasteiger charge is -2.08. The summed E-state index contributed by atoms with van der Waals surface area (Å²) in [6.45, 7) is 2.42. The van der Waals surface area contributed by atoms with Crippen LogP contribution in [0.25, 0.3) is 16.9 Å². The van der Waals surface area contributed by atoms with Gasteiger partial charge in [-0.3, -0.25) is 4.57 Å². The second kappa shape index (κ2) is 5.28. The van der Waals surface area contributed by atoms with Gasteiger partial charge in [-0.1, -0.05) is 0 Å². The molecule has 3 rings (SSSR count). The summed E-state index contributed by atoms with van der Waals surface area (Å²) in [7, 11) is 1.58. The van der Waals surface area contributed by atoms with Crippen LogP contribution in [0.5, 0.6) is 11.6 Å². The molecular weight excluding hydrogens is 270 g/mol. The smallest absolute Gasteiger partial charge is 0.245 e. The Bertz CT molecular complexity index is 784. The normalized spacial score (nSPS) is 10.8. The monoisotopic (exact) mass is 285 g/mol. The van der Waals surface area contributed by atoms with Crippen LogP contribution in [-0.4, -0.2) is 33.2 Å². The molecule has 0 saturated carbocycles. The predicted molar refractivity (Wildman–Crippen MR) is 78.8 cm³/mol. The van der Waals surface area contributed by atoms with Crippen LogP contribution in [0.3, 0.4) is 0 Å². The lowest BCUT2D eigenvalue weighted by molar-refractivity contribution is 0.330. The van der Waals surface area contributed by atoms with Crippen LogP contribution < -0.4 is 15.2 Å². The van der Waals surface area contributed by atoms with Crippen LogP contribution in [0.2, 0.25) is 0 Å². The average molecular weight is 285 g/mol. The van der Waals surface area contributed by atoms with Crippen LogP contribution in [0.1, 0.15) is 6.92 Å². The molecule has 3 aromatic rings. The van der Waals surface area contributed by atoms with Crippen LogP contribution in [0, 0.1) is 0 Å². The van der Waals surface area contributed by atoms with E-state index in [1.807, 2.05) is 23.6 Å². The van der Waals surface area contributed by atoms with Crippen molar-refractivity contribution in [2.45, 2.75) is 6.92 Å². The molecule has 0 unspecified atom stereocenters. The molecule has 0 bridgehead atoms. The SMILES string of the molecule is CCOc1ncnc2c1ncn2-c1ccc(OC)c(N)c1. The van der Waals surface area contributed by atoms with Crippen LogP contribution in [0.4, 0.5) is 5.69 Å². The van der Waals surface area contributed by atoms with E-state index in [1.54, 1.807) is 19.5 Å². The molecule has 2 aromatic heterocycles. The molecule has 2 N–H and O–H groups in total. The van der Waals surface area contributed by atoms with Crippen molar-refractivity contribution in [1.82, 2.24) is 19.5 Å². The number of rotatable bonds is 4. The van der Waals surface area contributed by atoms with E-state index in [0.717, 1.165) is 5.69 Å². The summed E-state index contributed by atoms with van der Waals surface area (Å²) < 4.78 is 12.4. The lowest BCUT2D eigenvalue weighted by Crippen LogP contribution is -1.99.